The van der Waals surface area contributed by atoms with E-state index in [9.17, 15) is 5.11 Å². The third-order valence-corrected chi connectivity index (χ3v) is 3.69. The average molecular weight is 208 g/mol. The molecule has 0 unspecified atom stereocenters. The van der Waals surface area contributed by atoms with E-state index in [4.69, 9.17) is 0 Å². The molecule has 1 aromatic rings. The molecular formula is C12H20N2O. The number of nitrogens with zero attached hydrogens (tertiary/aromatic N) is 2. The first-order chi connectivity index (χ1) is 7.20. The van der Waals surface area contributed by atoms with Gasteiger partial charge < -0.3 is 9.67 Å². The standard InChI is InChI=1S/C12H20N2O/c1-3-9-4-6-10(7-5-9)12-13-11(15)8-14(12)2/h8-10,15H,3-7H2,1-2H3. The molecule has 1 heterocycles. The summed E-state index contributed by atoms with van der Waals surface area (Å²) < 4.78 is 1.96. The van der Waals surface area contributed by atoms with Gasteiger partial charge in [-0.3, -0.25) is 0 Å². The molecular weight excluding hydrogens is 188 g/mol. The van der Waals surface area contributed by atoms with Crippen molar-refractivity contribution in [2.75, 3.05) is 0 Å². The number of rotatable bonds is 2. The Morgan fingerprint density at radius 1 is 1.40 bits per heavy atom. The van der Waals surface area contributed by atoms with Gasteiger partial charge in [-0.25, -0.2) is 0 Å². The molecule has 1 N–H and O–H groups in total. The Balaban J connectivity index is 2.04. The normalized spacial score (nSPS) is 26.8. The third-order valence-electron chi connectivity index (χ3n) is 3.69. The predicted molar refractivity (Wildman–Crippen MR) is 59.9 cm³/mol. The summed E-state index contributed by atoms with van der Waals surface area (Å²) in [6.45, 7) is 2.28. The highest BCUT2D eigenvalue weighted by Crippen LogP contribution is 2.36. The summed E-state index contributed by atoms with van der Waals surface area (Å²) in [5, 5.41) is 9.33. The highest BCUT2D eigenvalue weighted by atomic mass is 16.3. The number of hydrogen-bond acceptors (Lipinski definition) is 2. The molecule has 0 amide bonds. The van der Waals surface area contributed by atoms with Crippen LogP contribution in [0.25, 0.3) is 0 Å². The summed E-state index contributed by atoms with van der Waals surface area (Å²) >= 11 is 0. The molecule has 1 saturated carbocycles. The van der Waals surface area contributed by atoms with Crippen LogP contribution in [0.5, 0.6) is 5.88 Å². The monoisotopic (exact) mass is 208 g/mol. The Kier molecular flexibility index (Phi) is 2.98. The van der Waals surface area contributed by atoms with Crippen molar-refractivity contribution in [3.63, 3.8) is 0 Å². The van der Waals surface area contributed by atoms with Gasteiger partial charge in [0.25, 0.3) is 0 Å². The van der Waals surface area contributed by atoms with Gasteiger partial charge in [0.2, 0.25) is 5.88 Å². The highest BCUT2D eigenvalue weighted by Gasteiger charge is 2.24. The quantitative estimate of drug-likeness (QED) is 0.811. The van der Waals surface area contributed by atoms with Gasteiger partial charge >= 0.3 is 0 Å². The molecule has 2 rings (SSSR count). The van der Waals surface area contributed by atoms with Crippen LogP contribution >= 0.6 is 0 Å². The molecule has 0 bridgehead atoms. The fourth-order valence-electron chi connectivity index (χ4n) is 2.67. The number of aromatic hydroxyl groups is 1. The molecule has 0 aromatic carbocycles. The maximum atomic E-state index is 9.33. The smallest absolute Gasteiger partial charge is 0.229 e. The second kappa shape index (κ2) is 4.25. The maximum Gasteiger partial charge on any atom is 0.229 e. The first-order valence-corrected chi connectivity index (χ1v) is 5.93. The van der Waals surface area contributed by atoms with Crippen LogP contribution in [0.1, 0.15) is 50.8 Å². The van der Waals surface area contributed by atoms with Crippen LogP contribution in [0.15, 0.2) is 6.20 Å². The summed E-state index contributed by atoms with van der Waals surface area (Å²) in [7, 11) is 1.97. The maximum absolute atomic E-state index is 9.33. The van der Waals surface area contributed by atoms with Crippen LogP contribution in [0, 0.1) is 5.92 Å². The first-order valence-electron chi connectivity index (χ1n) is 5.93. The highest BCUT2D eigenvalue weighted by molar-refractivity contribution is 5.11. The summed E-state index contributed by atoms with van der Waals surface area (Å²) in [5.41, 5.74) is 0. The summed E-state index contributed by atoms with van der Waals surface area (Å²) in [6, 6.07) is 0. The van der Waals surface area contributed by atoms with Crippen LogP contribution in [0.3, 0.4) is 0 Å². The minimum atomic E-state index is 0.158. The molecule has 3 heteroatoms. The second-order valence-corrected chi connectivity index (χ2v) is 4.69. The number of aromatic nitrogens is 2. The van der Waals surface area contributed by atoms with E-state index < -0.39 is 0 Å². The molecule has 1 aliphatic rings. The molecule has 1 aliphatic carbocycles. The Morgan fingerprint density at radius 2 is 2.07 bits per heavy atom. The van der Waals surface area contributed by atoms with Crippen LogP contribution in [0.2, 0.25) is 0 Å². The van der Waals surface area contributed by atoms with Gasteiger partial charge in [-0.2, -0.15) is 4.98 Å². The van der Waals surface area contributed by atoms with E-state index >= 15 is 0 Å². The van der Waals surface area contributed by atoms with Crippen molar-refractivity contribution in [1.29, 1.82) is 0 Å². The van der Waals surface area contributed by atoms with Crippen LogP contribution in [-0.2, 0) is 7.05 Å². The summed E-state index contributed by atoms with van der Waals surface area (Å²) in [5.74, 6) is 2.68. The van der Waals surface area contributed by atoms with E-state index in [1.807, 2.05) is 11.6 Å². The molecule has 1 fully saturated rings. The number of hydrogen-bond donors (Lipinski definition) is 1. The van der Waals surface area contributed by atoms with Gasteiger partial charge in [-0.15, -0.1) is 0 Å². The van der Waals surface area contributed by atoms with E-state index in [0.717, 1.165) is 11.7 Å². The molecule has 1 aromatic heterocycles. The van der Waals surface area contributed by atoms with Gasteiger partial charge in [0.1, 0.15) is 5.82 Å². The SMILES string of the molecule is CCC1CCC(c2nc(O)cn2C)CC1. The van der Waals surface area contributed by atoms with Crippen molar-refractivity contribution >= 4 is 0 Å². The molecule has 0 atom stereocenters. The fourth-order valence-corrected chi connectivity index (χ4v) is 2.67. The van der Waals surface area contributed by atoms with E-state index in [1.54, 1.807) is 6.20 Å². The molecule has 0 saturated heterocycles. The van der Waals surface area contributed by atoms with Gasteiger partial charge in [-0.05, 0) is 31.6 Å². The molecule has 0 spiro atoms. The lowest BCUT2D eigenvalue weighted by atomic mass is 9.80. The van der Waals surface area contributed by atoms with E-state index in [0.29, 0.717) is 5.92 Å². The number of aryl methyl sites for hydroxylation is 1. The van der Waals surface area contributed by atoms with Crippen molar-refractivity contribution in [2.45, 2.75) is 44.9 Å². The molecule has 3 nitrogen and oxygen atoms in total. The zero-order valence-electron chi connectivity index (χ0n) is 9.61. The van der Waals surface area contributed by atoms with Crippen LogP contribution in [-0.4, -0.2) is 14.7 Å². The minimum Gasteiger partial charge on any atom is -0.492 e. The van der Waals surface area contributed by atoms with Crippen molar-refractivity contribution in [3.8, 4) is 5.88 Å². The fraction of sp³-hybridized carbons (Fsp3) is 0.750. The van der Waals surface area contributed by atoms with Crippen molar-refractivity contribution in [3.05, 3.63) is 12.0 Å². The molecule has 0 aliphatic heterocycles. The van der Waals surface area contributed by atoms with Crippen molar-refractivity contribution in [1.82, 2.24) is 9.55 Å². The van der Waals surface area contributed by atoms with Crippen LogP contribution < -0.4 is 0 Å². The third kappa shape index (κ3) is 2.16. The number of imidazole rings is 1. The lowest BCUT2D eigenvalue weighted by Gasteiger charge is -2.27. The second-order valence-electron chi connectivity index (χ2n) is 4.69. The Hall–Kier alpha value is -0.990. The summed E-state index contributed by atoms with van der Waals surface area (Å²) in [4.78, 5) is 4.20. The van der Waals surface area contributed by atoms with Gasteiger partial charge in [0.05, 0.1) is 6.20 Å². The molecule has 15 heavy (non-hydrogen) atoms. The lowest BCUT2D eigenvalue weighted by molar-refractivity contribution is 0.309. The predicted octanol–water partition coefficient (Wildman–Crippen LogP) is 2.81. The topological polar surface area (TPSA) is 38.1 Å². The molecule has 0 radical (unpaired) electrons. The zero-order valence-corrected chi connectivity index (χ0v) is 9.61. The van der Waals surface area contributed by atoms with E-state index in [-0.39, 0.29) is 5.88 Å². The largest absolute Gasteiger partial charge is 0.492 e. The van der Waals surface area contributed by atoms with E-state index in [2.05, 4.69) is 11.9 Å². The lowest BCUT2D eigenvalue weighted by Crippen LogP contribution is -2.15. The zero-order chi connectivity index (χ0) is 10.8. The van der Waals surface area contributed by atoms with Crippen LogP contribution in [0.4, 0.5) is 0 Å². The minimum absolute atomic E-state index is 0.158. The summed E-state index contributed by atoms with van der Waals surface area (Å²) in [6.07, 6.45) is 8.08. The van der Waals surface area contributed by atoms with Gasteiger partial charge in [-0.1, -0.05) is 13.3 Å². The first kappa shape index (κ1) is 10.5. The Labute approximate surface area is 91.1 Å². The van der Waals surface area contributed by atoms with E-state index in [1.165, 1.54) is 32.1 Å². The average Bonchev–Trinajstić information content (AvgIpc) is 2.58. The van der Waals surface area contributed by atoms with Gasteiger partial charge in [0, 0.05) is 13.0 Å². The van der Waals surface area contributed by atoms with Crippen molar-refractivity contribution < 1.29 is 5.11 Å². The Bertz CT molecular complexity index is 324. The van der Waals surface area contributed by atoms with Gasteiger partial charge in [0.15, 0.2) is 0 Å². The van der Waals surface area contributed by atoms with Crippen molar-refractivity contribution in [2.24, 2.45) is 13.0 Å². The Morgan fingerprint density at radius 3 is 2.53 bits per heavy atom. The molecule has 84 valence electrons.